The number of hydrogen-bond donors (Lipinski definition) is 5. The number of halogens is 1. The molecule has 3 amide bonds. The number of anilines is 2. The fourth-order valence-corrected chi connectivity index (χ4v) is 3.79. The minimum Gasteiger partial charge on any atom is -0.376 e. The number of rotatable bonds is 6. The molecular weight excluding hydrogens is 401 g/mol. The molecule has 0 radical (unpaired) electrons. The van der Waals surface area contributed by atoms with Gasteiger partial charge in [0.05, 0.1) is 18.1 Å². The van der Waals surface area contributed by atoms with E-state index in [0.29, 0.717) is 24.5 Å². The number of carbonyl (C=O) groups excluding carboxylic acids is 2. The van der Waals surface area contributed by atoms with Gasteiger partial charge >= 0.3 is 6.03 Å². The Morgan fingerprint density at radius 1 is 1.03 bits per heavy atom. The van der Waals surface area contributed by atoms with Gasteiger partial charge in [0, 0.05) is 31.1 Å². The van der Waals surface area contributed by atoms with Gasteiger partial charge in [-0.1, -0.05) is 12.1 Å². The van der Waals surface area contributed by atoms with Gasteiger partial charge in [0.2, 0.25) is 5.91 Å². The Hall–Kier alpha value is -3.01. The van der Waals surface area contributed by atoms with Gasteiger partial charge in [-0.15, -0.1) is 0 Å². The minimum atomic E-state index is -0.355. The fraction of sp³-hybridized carbons (Fsp3) is 0.364. The summed E-state index contributed by atoms with van der Waals surface area (Å²) in [5, 5.41) is 8.46. The van der Waals surface area contributed by atoms with Gasteiger partial charge in [0.1, 0.15) is 5.82 Å². The number of amides is 3. The zero-order valence-corrected chi connectivity index (χ0v) is 17.0. The summed E-state index contributed by atoms with van der Waals surface area (Å²) in [5.74, 6) is -0.821. The molecule has 0 aliphatic carbocycles. The van der Waals surface area contributed by atoms with Gasteiger partial charge in [-0.05, 0) is 54.8 Å². The first-order chi connectivity index (χ1) is 15.1. The van der Waals surface area contributed by atoms with E-state index in [0.717, 1.165) is 25.0 Å². The molecule has 2 aliphatic rings. The highest BCUT2D eigenvalue weighted by Gasteiger charge is 2.34. The predicted octanol–water partition coefficient (Wildman–Crippen LogP) is 2.53. The Bertz CT molecular complexity index is 900. The van der Waals surface area contributed by atoms with E-state index in [-0.39, 0.29) is 35.8 Å². The van der Waals surface area contributed by atoms with E-state index in [1.54, 1.807) is 36.4 Å². The summed E-state index contributed by atoms with van der Waals surface area (Å²) in [7, 11) is 0. The quantitative estimate of drug-likeness (QED) is 0.488. The lowest BCUT2D eigenvalue weighted by atomic mass is 9.94. The molecule has 0 bridgehead atoms. The topological polar surface area (TPSA) is 104 Å². The second-order valence-electron chi connectivity index (χ2n) is 7.70. The summed E-state index contributed by atoms with van der Waals surface area (Å²) in [5.41, 5.74) is 8.15. The van der Waals surface area contributed by atoms with Crippen molar-refractivity contribution in [2.75, 3.05) is 30.3 Å². The molecule has 9 heteroatoms. The Morgan fingerprint density at radius 2 is 1.74 bits per heavy atom. The highest BCUT2D eigenvalue weighted by molar-refractivity contribution is 5.94. The van der Waals surface area contributed by atoms with Crippen molar-refractivity contribution in [3.8, 4) is 0 Å². The van der Waals surface area contributed by atoms with E-state index in [9.17, 15) is 14.0 Å². The normalized spacial score (nSPS) is 22.8. The summed E-state index contributed by atoms with van der Waals surface area (Å²) in [6.07, 6.45) is 2.07. The third kappa shape index (κ3) is 5.57. The summed E-state index contributed by atoms with van der Waals surface area (Å²) in [6, 6.07) is 12.5. The zero-order valence-electron chi connectivity index (χ0n) is 17.0. The van der Waals surface area contributed by atoms with Crippen LogP contribution in [-0.4, -0.2) is 37.7 Å². The lowest BCUT2D eigenvalue weighted by molar-refractivity contribution is -0.119. The maximum atomic E-state index is 13.2. The van der Waals surface area contributed by atoms with Crippen LogP contribution in [0.15, 0.2) is 48.5 Å². The molecule has 0 saturated carbocycles. The van der Waals surface area contributed by atoms with Crippen molar-refractivity contribution >= 4 is 23.3 Å². The average Bonchev–Trinajstić information content (AvgIpc) is 3.46. The van der Waals surface area contributed by atoms with Crippen LogP contribution in [0.1, 0.15) is 24.4 Å². The van der Waals surface area contributed by atoms with Crippen molar-refractivity contribution in [2.45, 2.75) is 25.0 Å². The van der Waals surface area contributed by atoms with Crippen LogP contribution in [-0.2, 0) is 9.53 Å². The van der Waals surface area contributed by atoms with Crippen LogP contribution in [0.3, 0.4) is 0 Å². The number of benzene rings is 2. The van der Waals surface area contributed by atoms with Gasteiger partial charge < -0.3 is 20.7 Å². The molecule has 2 aliphatic heterocycles. The van der Waals surface area contributed by atoms with Crippen LogP contribution in [0.2, 0.25) is 0 Å². The van der Waals surface area contributed by atoms with Gasteiger partial charge in [-0.3, -0.25) is 10.2 Å². The molecule has 0 aromatic heterocycles. The molecule has 4 rings (SSSR count). The molecule has 5 N–H and O–H groups in total. The summed E-state index contributed by atoms with van der Waals surface area (Å²) in [4.78, 5) is 24.8. The number of ether oxygens (including phenoxy) is 1. The largest absolute Gasteiger partial charge is 0.376 e. The van der Waals surface area contributed by atoms with Crippen LogP contribution < -0.4 is 26.8 Å². The van der Waals surface area contributed by atoms with E-state index < -0.39 is 0 Å². The van der Waals surface area contributed by atoms with Gasteiger partial charge in [-0.25, -0.2) is 14.6 Å². The molecule has 31 heavy (non-hydrogen) atoms. The third-order valence-corrected chi connectivity index (χ3v) is 5.47. The van der Waals surface area contributed by atoms with Crippen molar-refractivity contribution in [1.29, 1.82) is 0 Å². The van der Waals surface area contributed by atoms with Crippen LogP contribution in [0.25, 0.3) is 0 Å². The molecule has 2 fully saturated rings. The first kappa shape index (κ1) is 21.2. The first-order valence-corrected chi connectivity index (χ1v) is 10.4. The summed E-state index contributed by atoms with van der Waals surface area (Å²) in [6.45, 7) is 1.69. The van der Waals surface area contributed by atoms with Crippen molar-refractivity contribution in [1.82, 2.24) is 16.2 Å². The lowest BCUT2D eigenvalue weighted by Gasteiger charge is -2.18. The molecule has 3 unspecified atom stereocenters. The molecular formula is C22H26FN5O3. The molecule has 2 saturated heterocycles. The van der Waals surface area contributed by atoms with E-state index in [1.165, 1.54) is 12.1 Å². The Kier molecular flexibility index (Phi) is 6.76. The highest BCUT2D eigenvalue weighted by Crippen LogP contribution is 2.26. The second kappa shape index (κ2) is 9.86. The second-order valence-corrected chi connectivity index (χ2v) is 7.70. The maximum Gasteiger partial charge on any atom is 0.319 e. The smallest absolute Gasteiger partial charge is 0.319 e. The molecule has 3 atom stereocenters. The third-order valence-electron chi connectivity index (χ3n) is 5.47. The number of hydrogen-bond acceptors (Lipinski definition) is 5. The van der Waals surface area contributed by atoms with E-state index in [4.69, 9.17) is 4.74 Å². The summed E-state index contributed by atoms with van der Waals surface area (Å²) < 4.78 is 18.7. The van der Waals surface area contributed by atoms with Crippen molar-refractivity contribution < 1.29 is 18.7 Å². The Balaban J connectivity index is 1.29. The van der Waals surface area contributed by atoms with Crippen LogP contribution in [0.5, 0.6) is 0 Å². The zero-order chi connectivity index (χ0) is 21.6. The summed E-state index contributed by atoms with van der Waals surface area (Å²) >= 11 is 0. The molecule has 2 heterocycles. The Labute approximate surface area is 179 Å². The van der Waals surface area contributed by atoms with E-state index in [1.807, 2.05) is 0 Å². The van der Waals surface area contributed by atoms with Crippen molar-refractivity contribution in [3.63, 3.8) is 0 Å². The van der Waals surface area contributed by atoms with E-state index >= 15 is 0 Å². The minimum absolute atomic E-state index is 0.0849. The number of hydrazine groups is 1. The van der Waals surface area contributed by atoms with Crippen LogP contribution >= 0.6 is 0 Å². The fourth-order valence-electron chi connectivity index (χ4n) is 3.79. The number of nitrogens with one attached hydrogen (secondary N) is 5. The lowest BCUT2D eigenvalue weighted by Crippen LogP contribution is -2.35. The standard InChI is InChI=1S/C22H26FN5O3/c23-15-5-3-14(4-6-15)20-19(13-25-28-20)21(29)26-16-7-9-17(10-8-16)27-22(30)24-12-18-2-1-11-31-18/h3-10,18-20,25,28H,1-2,11-13H2,(H,26,29)(H2,24,27,30). The average molecular weight is 427 g/mol. The monoisotopic (exact) mass is 427 g/mol. The molecule has 2 aromatic carbocycles. The first-order valence-electron chi connectivity index (χ1n) is 10.4. The molecule has 164 valence electrons. The van der Waals surface area contributed by atoms with Crippen molar-refractivity contribution in [2.24, 2.45) is 5.92 Å². The van der Waals surface area contributed by atoms with Crippen LogP contribution in [0.4, 0.5) is 20.6 Å². The Morgan fingerprint density at radius 3 is 2.42 bits per heavy atom. The molecule has 0 spiro atoms. The van der Waals surface area contributed by atoms with Crippen LogP contribution in [0, 0.1) is 11.7 Å². The predicted molar refractivity (Wildman–Crippen MR) is 115 cm³/mol. The number of carbonyl (C=O) groups is 2. The van der Waals surface area contributed by atoms with E-state index in [2.05, 4.69) is 26.8 Å². The van der Waals surface area contributed by atoms with Crippen molar-refractivity contribution in [3.05, 3.63) is 59.9 Å². The molecule has 8 nitrogen and oxygen atoms in total. The SMILES string of the molecule is O=C(NCC1CCCO1)Nc1ccc(NC(=O)C2CNNC2c2ccc(F)cc2)cc1. The maximum absolute atomic E-state index is 13.2. The number of urea groups is 1. The molecule has 2 aromatic rings. The highest BCUT2D eigenvalue weighted by atomic mass is 19.1. The van der Waals surface area contributed by atoms with Gasteiger partial charge in [-0.2, -0.15) is 0 Å². The van der Waals surface area contributed by atoms with Gasteiger partial charge in [0.15, 0.2) is 0 Å². The van der Waals surface area contributed by atoms with Gasteiger partial charge in [0.25, 0.3) is 0 Å².